The highest BCUT2D eigenvalue weighted by atomic mass is 35.5. The van der Waals surface area contributed by atoms with Crippen LogP contribution in [0.2, 0.25) is 0 Å². The number of thiazole rings is 1. The van der Waals surface area contributed by atoms with Gasteiger partial charge in [-0.05, 0) is 25.0 Å². The van der Waals surface area contributed by atoms with Crippen molar-refractivity contribution in [3.63, 3.8) is 0 Å². The molecule has 132 valence electrons. The molecule has 0 saturated carbocycles. The highest BCUT2D eigenvalue weighted by Gasteiger charge is 2.23. The van der Waals surface area contributed by atoms with Crippen LogP contribution in [0.4, 0.5) is 5.69 Å². The molecule has 2 heterocycles. The normalized spacial score (nSPS) is 13.5. The quantitative estimate of drug-likeness (QED) is 0.825. The molecule has 0 aliphatic carbocycles. The van der Waals surface area contributed by atoms with Crippen LogP contribution in [-0.4, -0.2) is 30.0 Å². The maximum Gasteiger partial charge on any atom is 0.270 e. The molecule has 1 aromatic heterocycles. The number of anilines is 1. The van der Waals surface area contributed by atoms with Crippen LogP contribution in [0.15, 0.2) is 29.6 Å². The molecule has 2 aromatic rings. The molecule has 1 unspecified atom stereocenters. The average molecular weight is 389 g/mol. The van der Waals surface area contributed by atoms with Crippen LogP contribution in [-0.2, 0) is 13.0 Å². The minimum Gasteiger partial charge on any atom is -0.366 e. The molecule has 1 aliphatic rings. The van der Waals surface area contributed by atoms with Gasteiger partial charge in [0.2, 0.25) is 0 Å². The van der Waals surface area contributed by atoms with E-state index in [2.05, 4.69) is 46.4 Å². The van der Waals surface area contributed by atoms with Gasteiger partial charge in [-0.2, -0.15) is 0 Å². The van der Waals surface area contributed by atoms with Gasteiger partial charge in [0.15, 0.2) is 0 Å². The van der Waals surface area contributed by atoms with E-state index < -0.39 is 0 Å². The van der Waals surface area contributed by atoms with E-state index in [9.17, 15) is 4.79 Å². The summed E-state index contributed by atoms with van der Waals surface area (Å²) in [5.41, 5.74) is 8.64. The molecule has 1 amide bonds. The Labute approximate surface area is 158 Å². The topological polar surface area (TPSA) is 71.2 Å². The summed E-state index contributed by atoms with van der Waals surface area (Å²) < 4.78 is 0. The van der Waals surface area contributed by atoms with E-state index in [1.54, 1.807) is 5.38 Å². The van der Waals surface area contributed by atoms with Crippen molar-refractivity contribution in [2.75, 3.05) is 18.0 Å². The first-order valence-electron chi connectivity index (χ1n) is 7.46. The minimum absolute atomic E-state index is 0. The third-order valence-electron chi connectivity index (χ3n) is 3.97. The molecule has 8 heteroatoms. The van der Waals surface area contributed by atoms with E-state index >= 15 is 0 Å². The fraction of sp³-hybridized carbons (Fsp3) is 0.375. The molecular weight excluding hydrogens is 367 g/mol. The third kappa shape index (κ3) is 4.39. The van der Waals surface area contributed by atoms with Crippen LogP contribution in [0, 0.1) is 0 Å². The predicted molar refractivity (Wildman–Crippen MR) is 104 cm³/mol. The third-order valence-corrected chi connectivity index (χ3v) is 4.84. The standard InChI is InChI=1S/C16H20N4OS.2ClH/c1-11(20-7-6-12-4-2-3-5-14(12)20)9-18-16(21)13-10-22-15(8-17)19-13;;/h2-5,10-11H,6-9,17H2,1H3,(H,18,21);2*1H. The lowest BCUT2D eigenvalue weighted by atomic mass is 10.2. The Hall–Kier alpha value is -1.34. The highest BCUT2D eigenvalue weighted by molar-refractivity contribution is 7.09. The van der Waals surface area contributed by atoms with Crippen molar-refractivity contribution in [1.29, 1.82) is 0 Å². The second-order valence-corrected chi connectivity index (χ2v) is 6.40. The van der Waals surface area contributed by atoms with Crippen molar-refractivity contribution >= 4 is 47.7 Å². The van der Waals surface area contributed by atoms with Crippen molar-refractivity contribution in [2.24, 2.45) is 5.73 Å². The smallest absolute Gasteiger partial charge is 0.270 e. The summed E-state index contributed by atoms with van der Waals surface area (Å²) in [5.74, 6) is -0.129. The van der Waals surface area contributed by atoms with Crippen LogP contribution in [0.3, 0.4) is 0 Å². The van der Waals surface area contributed by atoms with Crippen LogP contribution in [0.5, 0.6) is 0 Å². The second-order valence-electron chi connectivity index (χ2n) is 5.46. The van der Waals surface area contributed by atoms with Crippen LogP contribution < -0.4 is 16.0 Å². The maximum atomic E-state index is 12.1. The lowest BCUT2D eigenvalue weighted by Crippen LogP contribution is -2.41. The van der Waals surface area contributed by atoms with Gasteiger partial charge in [0.05, 0.1) is 0 Å². The van der Waals surface area contributed by atoms with E-state index in [0.29, 0.717) is 18.8 Å². The number of aromatic nitrogens is 1. The number of fused-ring (bicyclic) bond motifs is 1. The largest absolute Gasteiger partial charge is 0.366 e. The predicted octanol–water partition coefficient (Wildman–Crippen LogP) is 2.63. The summed E-state index contributed by atoms with van der Waals surface area (Å²) in [6.07, 6.45) is 1.07. The van der Waals surface area contributed by atoms with E-state index in [0.717, 1.165) is 18.0 Å². The Morgan fingerprint density at radius 3 is 2.88 bits per heavy atom. The number of benzene rings is 1. The molecule has 0 fully saturated rings. The number of halogens is 2. The number of nitrogens with zero attached hydrogens (tertiary/aromatic N) is 2. The van der Waals surface area contributed by atoms with Gasteiger partial charge >= 0.3 is 0 Å². The SMILES string of the molecule is CC(CNC(=O)c1csc(CN)n1)N1CCc2ccccc21.Cl.Cl. The second kappa shape index (κ2) is 9.22. The zero-order valence-electron chi connectivity index (χ0n) is 13.4. The number of amides is 1. The summed E-state index contributed by atoms with van der Waals surface area (Å²) in [4.78, 5) is 18.7. The number of nitrogens with one attached hydrogen (secondary N) is 1. The van der Waals surface area contributed by atoms with Crippen molar-refractivity contribution in [3.05, 3.63) is 45.9 Å². The number of carbonyl (C=O) groups is 1. The zero-order valence-corrected chi connectivity index (χ0v) is 15.8. The molecular formula is C16H22Cl2N4OS. The van der Waals surface area contributed by atoms with Gasteiger partial charge in [-0.1, -0.05) is 18.2 Å². The van der Waals surface area contributed by atoms with Crippen molar-refractivity contribution in [1.82, 2.24) is 10.3 Å². The average Bonchev–Trinajstić information content (AvgIpc) is 3.18. The van der Waals surface area contributed by atoms with E-state index in [-0.39, 0.29) is 36.8 Å². The summed E-state index contributed by atoms with van der Waals surface area (Å²) in [6, 6.07) is 8.71. The molecule has 3 rings (SSSR count). The molecule has 24 heavy (non-hydrogen) atoms. The Morgan fingerprint density at radius 1 is 1.42 bits per heavy atom. The maximum absolute atomic E-state index is 12.1. The molecule has 0 spiro atoms. The minimum atomic E-state index is -0.129. The molecule has 0 bridgehead atoms. The van der Waals surface area contributed by atoms with Gasteiger partial charge in [-0.3, -0.25) is 4.79 Å². The number of hydrogen-bond acceptors (Lipinski definition) is 5. The van der Waals surface area contributed by atoms with Crippen LogP contribution >= 0.6 is 36.2 Å². The monoisotopic (exact) mass is 388 g/mol. The first kappa shape index (κ1) is 20.7. The van der Waals surface area contributed by atoms with Crippen molar-refractivity contribution < 1.29 is 4.79 Å². The van der Waals surface area contributed by atoms with E-state index in [4.69, 9.17) is 5.73 Å². The van der Waals surface area contributed by atoms with Gasteiger partial charge in [-0.15, -0.1) is 36.2 Å². The van der Waals surface area contributed by atoms with Crippen molar-refractivity contribution in [2.45, 2.75) is 25.9 Å². The Balaban J connectivity index is 0.00000144. The molecule has 3 N–H and O–H groups in total. The summed E-state index contributed by atoms with van der Waals surface area (Å²) in [7, 11) is 0. The first-order valence-corrected chi connectivity index (χ1v) is 8.34. The van der Waals surface area contributed by atoms with E-state index in [1.807, 2.05) is 0 Å². The zero-order chi connectivity index (χ0) is 15.5. The fourth-order valence-electron chi connectivity index (χ4n) is 2.77. The Kier molecular flexibility index (Phi) is 7.96. The number of carbonyl (C=O) groups excluding carboxylic acids is 1. The van der Waals surface area contributed by atoms with Gasteiger partial charge < -0.3 is 16.0 Å². The first-order chi connectivity index (χ1) is 10.7. The highest BCUT2D eigenvalue weighted by Crippen LogP contribution is 2.28. The summed E-state index contributed by atoms with van der Waals surface area (Å²) in [6.45, 7) is 4.11. The Bertz CT molecular complexity index is 680. The number of rotatable bonds is 5. The Morgan fingerprint density at radius 2 is 2.17 bits per heavy atom. The van der Waals surface area contributed by atoms with Gasteiger partial charge in [0, 0.05) is 36.7 Å². The fourth-order valence-corrected chi connectivity index (χ4v) is 3.43. The molecule has 1 aromatic carbocycles. The molecule has 1 aliphatic heterocycles. The van der Waals surface area contributed by atoms with E-state index in [1.165, 1.54) is 22.6 Å². The number of para-hydroxylation sites is 1. The number of hydrogen-bond donors (Lipinski definition) is 2. The summed E-state index contributed by atoms with van der Waals surface area (Å²) >= 11 is 1.42. The lowest BCUT2D eigenvalue weighted by Gasteiger charge is -2.27. The van der Waals surface area contributed by atoms with Gasteiger partial charge in [-0.25, -0.2) is 4.98 Å². The van der Waals surface area contributed by atoms with Crippen molar-refractivity contribution in [3.8, 4) is 0 Å². The van der Waals surface area contributed by atoms with Gasteiger partial charge in [0.25, 0.3) is 5.91 Å². The lowest BCUT2D eigenvalue weighted by molar-refractivity contribution is 0.0947. The van der Waals surface area contributed by atoms with Crippen LogP contribution in [0.25, 0.3) is 0 Å². The summed E-state index contributed by atoms with van der Waals surface area (Å²) in [5, 5.41) is 5.51. The number of nitrogens with two attached hydrogens (primary N) is 1. The molecule has 5 nitrogen and oxygen atoms in total. The molecule has 0 saturated heterocycles. The van der Waals surface area contributed by atoms with Crippen LogP contribution in [0.1, 0.15) is 28.0 Å². The van der Waals surface area contributed by atoms with Gasteiger partial charge in [0.1, 0.15) is 10.7 Å². The molecule has 1 atom stereocenters. The molecule has 0 radical (unpaired) electrons.